The summed E-state index contributed by atoms with van der Waals surface area (Å²) in [5.74, 6) is 4.16. The van der Waals surface area contributed by atoms with Gasteiger partial charge in [0.1, 0.15) is 40.5 Å². The third-order valence-corrected chi connectivity index (χ3v) is 20.5. The Morgan fingerprint density at radius 1 is 0.303 bits per heavy atom. The van der Waals surface area contributed by atoms with Crippen LogP contribution < -0.4 is 44.1 Å². The SMILES string of the molecule is CN1C=CN(c2[c-]ccc3c2oc2ccccc23)[CH-]1.CN1C=CN(c2[c-]ccc3c2oc2ccccc23)[CH-]1.CN1C=CN(c2[c-]ccc3c2oc2ccccc23)[CH-]1.CN1[CH-]N(c2[c-]cccc2)c2ncncc21.Cc1ccccc1-c1ncc2c(n1)N(C)[CH-]N2c1[c-]cccc1.Cc1ccccc1-c1ncc2c(n1)N(c1[c-]cccc1)[CH-]N2C.[Ir].[Ir].[Ir]. The second-order valence-corrected chi connectivity index (χ2v) is 28.7. The number of hydrogen-bond acceptors (Lipinski definition) is 21. The zero-order valence-electron chi connectivity index (χ0n) is 67.5. The first-order valence-corrected chi connectivity index (χ1v) is 38.6. The number of benzene rings is 11. The Morgan fingerprint density at radius 3 is 1.07 bits per heavy atom. The fraction of sp³-hybridized carbons (Fsp3) is 0.0816. The molecule has 0 bridgehead atoms. The van der Waals surface area contributed by atoms with Crippen molar-refractivity contribution in [3.05, 3.63) is 380 Å². The molecule has 6 aliphatic rings. The van der Waals surface area contributed by atoms with Gasteiger partial charge in [0.15, 0.2) is 11.6 Å². The molecule has 3 radical (unpaired) electrons. The summed E-state index contributed by atoms with van der Waals surface area (Å²) in [6.07, 6.45) is 19.1. The second kappa shape index (κ2) is 37.2. The van der Waals surface area contributed by atoms with Gasteiger partial charge in [0.05, 0.1) is 35.7 Å². The van der Waals surface area contributed by atoms with Crippen LogP contribution in [0.2, 0.25) is 0 Å². The average molecular weight is 2130 g/mol. The second-order valence-electron chi connectivity index (χ2n) is 28.7. The molecule has 6 aliphatic heterocycles. The Hall–Kier alpha value is -13.2. The van der Waals surface area contributed by atoms with Gasteiger partial charge in [-0.15, -0.1) is 17.1 Å². The molecule has 617 valence electrons. The number of hydrogen-bond donors (Lipinski definition) is 0. The molecule has 0 spiro atoms. The van der Waals surface area contributed by atoms with Gasteiger partial charge in [-0.3, -0.25) is 0 Å². The number of anilines is 12. The van der Waals surface area contributed by atoms with Gasteiger partial charge in [-0.25, -0.2) is 29.9 Å². The van der Waals surface area contributed by atoms with E-state index in [0.29, 0.717) is 0 Å². The van der Waals surface area contributed by atoms with Crippen molar-refractivity contribution in [2.45, 2.75) is 13.8 Å². The van der Waals surface area contributed by atoms with Gasteiger partial charge in [-0.1, -0.05) is 136 Å². The van der Waals surface area contributed by atoms with Gasteiger partial charge in [-0.2, -0.15) is 186 Å². The van der Waals surface area contributed by atoms with Crippen LogP contribution in [0, 0.1) is 90.3 Å². The number of rotatable bonds is 8. The summed E-state index contributed by atoms with van der Waals surface area (Å²) in [5, 5.41) is 6.81. The summed E-state index contributed by atoms with van der Waals surface area (Å²) in [5.41, 5.74) is 18.5. The van der Waals surface area contributed by atoms with Crippen molar-refractivity contribution < 1.29 is 73.6 Å². The molecule has 0 aliphatic carbocycles. The first-order chi connectivity index (χ1) is 58.3. The molecule has 6 aromatic heterocycles. The molecule has 0 unspecified atom stereocenters. The van der Waals surface area contributed by atoms with Gasteiger partial charge in [0.2, 0.25) is 0 Å². The predicted octanol–water partition coefficient (Wildman–Crippen LogP) is 21.1. The van der Waals surface area contributed by atoms with Crippen LogP contribution in [-0.4, -0.2) is 86.9 Å². The Bertz CT molecular complexity index is 6290. The molecule has 23 rings (SSSR count). The van der Waals surface area contributed by atoms with Gasteiger partial charge < -0.3 is 72.1 Å². The maximum Gasteiger partial charge on any atom is 0.161 e. The molecular weight excluding hydrogens is 2050 g/mol. The molecule has 11 aromatic carbocycles. The minimum absolute atomic E-state index is 0. The molecule has 12 heterocycles. The van der Waals surface area contributed by atoms with E-state index in [0.717, 1.165) is 157 Å². The molecule has 21 nitrogen and oxygen atoms in total. The van der Waals surface area contributed by atoms with Crippen LogP contribution >= 0.6 is 0 Å². The molecule has 0 saturated carbocycles. The van der Waals surface area contributed by atoms with E-state index in [1.165, 1.54) is 11.1 Å². The number of aromatic nitrogens is 6. The van der Waals surface area contributed by atoms with Crippen molar-refractivity contribution >= 4 is 134 Å². The van der Waals surface area contributed by atoms with E-state index in [4.69, 9.17) is 23.2 Å². The zero-order chi connectivity index (χ0) is 81.0. The fourth-order valence-electron chi connectivity index (χ4n) is 14.6. The third kappa shape index (κ3) is 17.2. The minimum Gasteiger partial charge on any atom is -0.514 e. The van der Waals surface area contributed by atoms with E-state index in [2.05, 4.69) is 118 Å². The molecule has 24 heteroatoms. The maximum atomic E-state index is 5.99. The van der Waals surface area contributed by atoms with E-state index in [-0.39, 0.29) is 60.3 Å². The Morgan fingerprint density at radius 2 is 0.664 bits per heavy atom. The number of aryl methyl sites for hydroxylation is 2. The van der Waals surface area contributed by atoms with E-state index >= 15 is 0 Å². The van der Waals surface area contributed by atoms with Gasteiger partial charge in [-0.05, 0) is 123 Å². The van der Waals surface area contributed by atoms with E-state index in [9.17, 15) is 0 Å². The first kappa shape index (κ1) is 83.9. The van der Waals surface area contributed by atoms with E-state index < -0.39 is 0 Å². The van der Waals surface area contributed by atoms with Gasteiger partial charge in [0.25, 0.3) is 0 Å². The van der Waals surface area contributed by atoms with E-state index in [1.54, 1.807) is 6.33 Å². The minimum atomic E-state index is 0. The molecule has 122 heavy (non-hydrogen) atoms. The summed E-state index contributed by atoms with van der Waals surface area (Å²) >= 11 is 0. The molecule has 0 atom stereocenters. The topological polar surface area (TPSA) is 156 Å². The maximum absolute atomic E-state index is 5.99. The number of furan rings is 3. The summed E-state index contributed by atoms with van der Waals surface area (Å²) in [4.78, 5) is 51.2. The normalized spacial score (nSPS) is 13.9. The van der Waals surface area contributed by atoms with E-state index in [1.807, 2.05) is 380 Å². The van der Waals surface area contributed by atoms with Crippen LogP contribution in [0.1, 0.15) is 11.1 Å². The quantitative estimate of drug-likeness (QED) is 0.132. The van der Waals surface area contributed by atoms with Crippen LogP contribution in [0.3, 0.4) is 0 Å². The summed E-state index contributed by atoms with van der Waals surface area (Å²) in [6, 6.07) is 95.7. The Balaban J connectivity index is 0.000000114. The van der Waals surface area contributed by atoms with Crippen LogP contribution in [0.15, 0.2) is 306 Å². The largest absolute Gasteiger partial charge is 0.514 e. The molecular formula is C98H78Ir3N18O3-12. The number of nitrogens with zero attached hydrogens (tertiary/aromatic N) is 18. The molecule has 0 amide bonds. The smallest absolute Gasteiger partial charge is 0.161 e. The van der Waals surface area contributed by atoms with Crippen molar-refractivity contribution in [2.24, 2.45) is 0 Å². The van der Waals surface area contributed by atoms with Crippen molar-refractivity contribution in [2.75, 3.05) is 86.4 Å². The molecule has 17 aromatic rings. The van der Waals surface area contributed by atoms with Crippen LogP contribution in [-0.2, 0) is 60.3 Å². The van der Waals surface area contributed by atoms with Crippen molar-refractivity contribution in [3.63, 3.8) is 0 Å². The summed E-state index contributed by atoms with van der Waals surface area (Å²) in [7, 11) is 12.0. The summed E-state index contributed by atoms with van der Waals surface area (Å²) < 4.78 is 18.0. The van der Waals surface area contributed by atoms with Gasteiger partial charge >= 0.3 is 0 Å². The van der Waals surface area contributed by atoms with Crippen LogP contribution in [0.5, 0.6) is 0 Å². The predicted molar refractivity (Wildman–Crippen MR) is 476 cm³/mol. The Labute approximate surface area is 750 Å². The van der Waals surface area contributed by atoms with Gasteiger partial charge in [0, 0.05) is 104 Å². The molecule has 0 N–H and O–H groups in total. The molecule has 0 saturated heterocycles. The monoisotopic (exact) mass is 2130 g/mol. The van der Waals surface area contributed by atoms with Crippen molar-refractivity contribution in [1.82, 2.24) is 44.6 Å². The third-order valence-electron chi connectivity index (χ3n) is 20.5. The molecule has 0 fully saturated rings. The summed E-state index contributed by atoms with van der Waals surface area (Å²) in [6.45, 7) is 16.1. The zero-order valence-corrected chi connectivity index (χ0v) is 74.6. The van der Waals surface area contributed by atoms with Crippen LogP contribution in [0.4, 0.5) is 68.6 Å². The number of fused-ring (bicyclic) bond motifs is 12. The van der Waals surface area contributed by atoms with Crippen molar-refractivity contribution in [1.29, 1.82) is 0 Å². The number of para-hydroxylation sites is 6. The fourth-order valence-corrected chi connectivity index (χ4v) is 14.6. The standard InChI is InChI=1S/2C19H16N4.3C16H12N2O.C12H10N4.3Ir/c1-14-8-6-7-11-16(14)18-20-12-17-19(21-18)22(2)13-23(17)15-9-4-3-5-10-15;1-14-8-6-7-11-16(14)18-20-12-17-19(21-18)23(13-22(17)2)15-9-4-3-5-10-15;3*1-17-9-10-18(11-17)14-7-4-6-13-12-5-2-3-8-15(12)19-16(13)14;1-15-9-16(10-5-3-2-4-6-10)12-11(15)7-13-8-14-12;;;/h2*3-9,11-13H,1-2H3;3*2-6,8-11H,1H3;2-5,7-9H,1H3;;;/q6*-2;;;. The van der Waals surface area contributed by atoms with Crippen molar-refractivity contribution in [3.8, 4) is 22.8 Å². The Kier molecular flexibility index (Phi) is 25.6. The average Bonchev–Trinajstić information content (AvgIpc) is 1.59. The first-order valence-electron chi connectivity index (χ1n) is 38.6. The van der Waals surface area contributed by atoms with Crippen LogP contribution in [0.25, 0.3) is 88.6 Å².